The zero-order valence-corrected chi connectivity index (χ0v) is 13.3. The summed E-state index contributed by atoms with van der Waals surface area (Å²) in [7, 11) is 0. The van der Waals surface area contributed by atoms with Gasteiger partial charge in [0.25, 0.3) is 0 Å². The Bertz CT molecular complexity index is 740. The number of hydrogen-bond donors (Lipinski definition) is 1. The van der Waals surface area contributed by atoms with Crippen molar-refractivity contribution >= 4 is 5.57 Å². The highest BCUT2D eigenvalue weighted by Crippen LogP contribution is 2.46. The molecule has 1 heteroatoms. The van der Waals surface area contributed by atoms with E-state index >= 15 is 0 Å². The van der Waals surface area contributed by atoms with Crippen LogP contribution in [0.25, 0.3) is 5.57 Å². The zero-order valence-electron chi connectivity index (χ0n) is 13.3. The molecular weight excluding hydrogens is 268 g/mol. The van der Waals surface area contributed by atoms with Crippen molar-refractivity contribution in [1.29, 1.82) is 0 Å². The van der Waals surface area contributed by atoms with Crippen LogP contribution in [-0.4, -0.2) is 5.11 Å². The fourth-order valence-corrected chi connectivity index (χ4v) is 3.66. The van der Waals surface area contributed by atoms with E-state index in [0.717, 1.165) is 23.1 Å². The molecule has 1 unspecified atom stereocenters. The summed E-state index contributed by atoms with van der Waals surface area (Å²) >= 11 is 0. The van der Waals surface area contributed by atoms with Crippen molar-refractivity contribution in [3.05, 3.63) is 89.0 Å². The van der Waals surface area contributed by atoms with E-state index in [1.165, 1.54) is 16.7 Å². The maximum Gasteiger partial charge on any atom is 0.119 e. The molecule has 112 valence electrons. The van der Waals surface area contributed by atoms with E-state index in [4.69, 9.17) is 0 Å². The highest BCUT2D eigenvalue weighted by Gasteiger charge is 2.40. The quantitative estimate of drug-likeness (QED) is 0.855. The fraction of sp³-hybridized carbons (Fsp3) is 0.238. The third-order valence-corrected chi connectivity index (χ3v) is 4.54. The van der Waals surface area contributed by atoms with Crippen molar-refractivity contribution in [2.75, 3.05) is 0 Å². The molecule has 0 bridgehead atoms. The summed E-state index contributed by atoms with van der Waals surface area (Å²) < 4.78 is 0. The van der Waals surface area contributed by atoms with E-state index in [9.17, 15) is 5.11 Å². The first-order valence-corrected chi connectivity index (χ1v) is 7.83. The highest BCUT2D eigenvalue weighted by molar-refractivity contribution is 5.79. The zero-order chi connectivity index (χ0) is 15.7. The van der Waals surface area contributed by atoms with E-state index in [2.05, 4.69) is 31.7 Å². The Balaban J connectivity index is 2.31. The molecule has 2 aromatic rings. The summed E-state index contributed by atoms with van der Waals surface area (Å²) in [6.07, 6.45) is 1.48. The van der Waals surface area contributed by atoms with Gasteiger partial charge in [-0.2, -0.15) is 0 Å². The van der Waals surface area contributed by atoms with Gasteiger partial charge in [0, 0.05) is 6.42 Å². The lowest BCUT2D eigenvalue weighted by Crippen LogP contribution is -2.35. The summed E-state index contributed by atoms with van der Waals surface area (Å²) in [6, 6.07) is 18.3. The van der Waals surface area contributed by atoms with Gasteiger partial charge >= 0.3 is 0 Å². The molecule has 0 amide bonds. The lowest BCUT2D eigenvalue weighted by Gasteiger charge is -2.39. The molecule has 1 aliphatic carbocycles. The molecule has 0 radical (unpaired) electrons. The molecule has 3 rings (SSSR count). The Labute approximate surface area is 132 Å². The molecule has 0 heterocycles. The van der Waals surface area contributed by atoms with Gasteiger partial charge in [-0.15, -0.1) is 0 Å². The first-order valence-electron chi connectivity index (χ1n) is 7.83. The van der Waals surface area contributed by atoms with Gasteiger partial charge in [-0.3, -0.25) is 0 Å². The van der Waals surface area contributed by atoms with Crippen LogP contribution >= 0.6 is 0 Å². The summed E-state index contributed by atoms with van der Waals surface area (Å²) in [5.41, 5.74) is 5.54. The van der Waals surface area contributed by atoms with Crippen LogP contribution in [0.2, 0.25) is 0 Å². The Hall–Kier alpha value is -2.12. The SMILES string of the molecule is C=C(C)C1=C(CC)c2ccccc2CC1(O)c1ccccc1. The van der Waals surface area contributed by atoms with Crippen molar-refractivity contribution < 1.29 is 5.11 Å². The molecule has 1 atom stereocenters. The van der Waals surface area contributed by atoms with Crippen molar-refractivity contribution in [2.45, 2.75) is 32.3 Å². The highest BCUT2D eigenvalue weighted by atomic mass is 16.3. The van der Waals surface area contributed by atoms with Crippen LogP contribution in [0.3, 0.4) is 0 Å². The van der Waals surface area contributed by atoms with Crippen molar-refractivity contribution in [3.8, 4) is 0 Å². The van der Waals surface area contributed by atoms with Gasteiger partial charge < -0.3 is 5.11 Å². The number of hydrogen-bond acceptors (Lipinski definition) is 1. The van der Waals surface area contributed by atoms with Gasteiger partial charge in [-0.1, -0.05) is 73.7 Å². The molecule has 0 saturated carbocycles. The molecule has 1 N–H and O–H groups in total. The lowest BCUT2D eigenvalue weighted by molar-refractivity contribution is 0.0776. The largest absolute Gasteiger partial charge is 0.380 e. The number of allylic oxidation sites excluding steroid dienone is 1. The normalized spacial score (nSPS) is 20.7. The number of aliphatic hydroxyl groups is 1. The standard InChI is InChI=1S/C21H22O/c1-4-18-19-13-9-8-10-16(19)14-21(22,20(18)15(2)3)17-11-6-5-7-12-17/h5-13,22H,2,4,14H2,1,3H3. The van der Waals surface area contributed by atoms with E-state index in [-0.39, 0.29) is 0 Å². The van der Waals surface area contributed by atoms with Crippen LogP contribution in [0.1, 0.15) is 37.0 Å². The molecular formula is C21H22O. The molecule has 0 spiro atoms. The van der Waals surface area contributed by atoms with Gasteiger partial charge in [0.05, 0.1) is 0 Å². The predicted octanol–water partition coefficient (Wildman–Crippen LogP) is 4.87. The number of rotatable bonds is 3. The topological polar surface area (TPSA) is 20.2 Å². The number of fused-ring (bicyclic) bond motifs is 1. The fourth-order valence-electron chi connectivity index (χ4n) is 3.66. The third kappa shape index (κ3) is 2.22. The van der Waals surface area contributed by atoms with Crippen molar-refractivity contribution in [2.24, 2.45) is 0 Å². The van der Waals surface area contributed by atoms with E-state index in [1.807, 2.05) is 43.3 Å². The smallest absolute Gasteiger partial charge is 0.119 e. The Morgan fingerprint density at radius 1 is 1.09 bits per heavy atom. The molecule has 1 aliphatic rings. The Morgan fingerprint density at radius 2 is 1.73 bits per heavy atom. The Kier molecular flexibility index (Phi) is 3.76. The van der Waals surface area contributed by atoms with Crippen LogP contribution < -0.4 is 0 Å². The van der Waals surface area contributed by atoms with E-state index in [0.29, 0.717) is 6.42 Å². The Morgan fingerprint density at radius 3 is 2.36 bits per heavy atom. The third-order valence-electron chi connectivity index (χ3n) is 4.54. The second-order valence-electron chi connectivity index (χ2n) is 6.05. The van der Waals surface area contributed by atoms with Gasteiger partial charge in [0.15, 0.2) is 0 Å². The number of benzene rings is 2. The van der Waals surface area contributed by atoms with Crippen LogP contribution in [-0.2, 0) is 12.0 Å². The monoisotopic (exact) mass is 290 g/mol. The molecule has 0 fully saturated rings. The molecule has 0 aliphatic heterocycles. The first kappa shape index (κ1) is 14.8. The van der Waals surface area contributed by atoms with Crippen LogP contribution in [0.15, 0.2) is 72.3 Å². The second-order valence-corrected chi connectivity index (χ2v) is 6.05. The summed E-state index contributed by atoms with van der Waals surface area (Å²) in [6.45, 7) is 8.29. The molecule has 0 aromatic heterocycles. The first-order chi connectivity index (χ1) is 10.6. The van der Waals surface area contributed by atoms with Gasteiger partial charge in [-0.05, 0) is 41.2 Å². The summed E-state index contributed by atoms with van der Waals surface area (Å²) in [4.78, 5) is 0. The van der Waals surface area contributed by atoms with Gasteiger partial charge in [0.2, 0.25) is 0 Å². The molecule has 0 saturated heterocycles. The van der Waals surface area contributed by atoms with E-state index in [1.54, 1.807) is 0 Å². The van der Waals surface area contributed by atoms with Crippen LogP contribution in [0.5, 0.6) is 0 Å². The summed E-state index contributed by atoms with van der Waals surface area (Å²) in [5.74, 6) is 0. The minimum Gasteiger partial charge on any atom is -0.380 e. The lowest BCUT2D eigenvalue weighted by atomic mass is 9.69. The minimum absolute atomic E-state index is 0.596. The van der Waals surface area contributed by atoms with Gasteiger partial charge in [0.1, 0.15) is 5.60 Å². The molecule has 2 aromatic carbocycles. The average Bonchev–Trinajstić information content (AvgIpc) is 2.54. The van der Waals surface area contributed by atoms with Crippen molar-refractivity contribution in [1.82, 2.24) is 0 Å². The maximum absolute atomic E-state index is 11.6. The van der Waals surface area contributed by atoms with E-state index < -0.39 is 5.60 Å². The van der Waals surface area contributed by atoms with Crippen LogP contribution in [0, 0.1) is 0 Å². The average molecular weight is 290 g/mol. The molecule has 22 heavy (non-hydrogen) atoms. The predicted molar refractivity (Wildman–Crippen MR) is 92.5 cm³/mol. The summed E-state index contributed by atoms with van der Waals surface area (Å²) in [5, 5.41) is 11.6. The van der Waals surface area contributed by atoms with Crippen LogP contribution in [0.4, 0.5) is 0 Å². The van der Waals surface area contributed by atoms with Gasteiger partial charge in [-0.25, -0.2) is 0 Å². The molecule has 1 nitrogen and oxygen atoms in total. The maximum atomic E-state index is 11.6. The minimum atomic E-state index is -0.993. The van der Waals surface area contributed by atoms with Crippen molar-refractivity contribution in [3.63, 3.8) is 0 Å². The second kappa shape index (κ2) is 5.58.